The lowest BCUT2D eigenvalue weighted by Gasteiger charge is -2.42. The molecule has 1 aromatic rings. The molecule has 0 saturated carbocycles. The zero-order valence-corrected chi connectivity index (χ0v) is 19.1. The van der Waals surface area contributed by atoms with Crippen molar-refractivity contribution >= 4 is 24.1 Å². The Bertz CT molecular complexity index is 836. The smallest absolute Gasteiger partial charge is 0.318 e. The van der Waals surface area contributed by atoms with Gasteiger partial charge in [0.1, 0.15) is 12.3 Å². The van der Waals surface area contributed by atoms with E-state index in [1.54, 1.807) is 4.90 Å². The Kier molecular flexibility index (Phi) is 7.53. The van der Waals surface area contributed by atoms with Crippen molar-refractivity contribution in [2.45, 2.75) is 64.6 Å². The van der Waals surface area contributed by atoms with Crippen LogP contribution in [0.3, 0.4) is 0 Å². The third-order valence-electron chi connectivity index (χ3n) is 6.09. The zero-order valence-electron chi connectivity index (χ0n) is 19.1. The molecular weight excluding hydrogens is 408 g/mol. The lowest BCUT2D eigenvalue weighted by atomic mass is 9.87. The van der Waals surface area contributed by atoms with Crippen LogP contribution in [0.4, 0.5) is 4.79 Å². The van der Waals surface area contributed by atoms with Crippen LogP contribution < -0.4 is 16.0 Å². The molecule has 3 N–H and O–H groups in total. The van der Waals surface area contributed by atoms with Gasteiger partial charge in [-0.05, 0) is 36.7 Å². The topological polar surface area (TPSA) is 108 Å². The standard InChI is InChI=1S/C24H34N4O4/c1-24(2,3)14-19(22(31)26-18(15-29)13-17-9-11-25-21(17)30)27-23(32)28-12-10-20(28)16-7-5-4-6-8-16/h4-8,15,17-20H,9-14H2,1-3H3,(H,25,30)(H,26,31)(H,27,32)/t17-,18-,19-,20+/m0/s1. The highest BCUT2D eigenvalue weighted by molar-refractivity contribution is 5.89. The summed E-state index contributed by atoms with van der Waals surface area (Å²) in [5, 5.41) is 8.37. The molecule has 0 aromatic heterocycles. The predicted molar refractivity (Wildman–Crippen MR) is 121 cm³/mol. The van der Waals surface area contributed by atoms with Crippen molar-refractivity contribution in [1.82, 2.24) is 20.9 Å². The molecule has 0 radical (unpaired) electrons. The van der Waals surface area contributed by atoms with Gasteiger partial charge in [0.15, 0.2) is 0 Å². The molecule has 8 nitrogen and oxygen atoms in total. The Morgan fingerprint density at radius 2 is 1.91 bits per heavy atom. The molecule has 0 aliphatic carbocycles. The maximum Gasteiger partial charge on any atom is 0.318 e. The van der Waals surface area contributed by atoms with Crippen molar-refractivity contribution in [1.29, 1.82) is 0 Å². The number of nitrogens with zero attached hydrogens (tertiary/aromatic N) is 1. The minimum atomic E-state index is -0.778. The van der Waals surface area contributed by atoms with Crippen LogP contribution in [0, 0.1) is 11.3 Å². The van der Waals surface area contributed by atoms with E-state index in [4.69, 9.17) is 0 Å². The Morgan fingerprint density at radius 1 is 1.19 bits per heavy atom. The van der Waals surface area contributed by atoms with E-state index in [0.29, 0.717) is 32.2 Å². The van der Waals surface area contributed by atoms with E-state index in [1.807, 2.05) is 51.1 Å². The van der Waals surface area contributed by atoms with Crippen molar-refractivity contribution in [3.63, 3.8) is 0 Å². The van der Waals surface area contributed by atoms with Crippen LogP contribution in [-0.4, -0.2) is 54.2 Å². The number of likely N-dealkylation sites (tertiary alicyclic amines) is 1. The quantitative estimate of drug-likeness (QED) is 0.536. The van der Waals surface area contributed by atoms with Gasteiger partial charge in [-0.2, -0.15) is 0 Å². The van der Waals surface area contributed by atoms with Crippen LogP contribution in [0.1, 0.15) is 58.1 Å². The van der Waals surface area contributed by atoms with Gasteiger partial charge in [-0.1, -0.05) is 51.1 Å². The van der Waals surface area contributed by atoms with Gasteiger partial charge in [-0.3, -0.25) is 9.59 Å². The number of urea groups is 1. The van der Waals surface area contributed by atoms with Crippen molar-refractivity contribution in [3.05, 3.63) is 35.9 Å². The number of benzene rings is 1. The first-order chi connectivity index (χ1) is 15.2. The summed E-state index contributed by atoms with van der Waals surface area (Å²) in [5.41, 5.74) is 0.854. The van der Waals surface area contributed by atoms with Crippen LogP contribution in [0.2, 0.25) is 0 Å². The third kappa shape index (κ3) is 6.08. The maximum atomic E-state index is 13.1. The summed E-state index contributed by atoms with van der Waals surface area (Å²) in [7, 11) is 0. The van der Waals surface area contributed by atoms with Crippen molar-refractivity contribution in [3.8, 4) is 0 Å². The van der Waals surface area contributed by atoms with Gasteiger partial charge in [0, 0.05) is 19.0 Å². The molecule has 1 aromatic carbocycles. The van der Waals surface area contributed by atoms with E-state index in [0.717, 1.165) is 12.0 Å². The molecule has 4 atom stereocenters. The zero-order chi connectivity index (χ0) is 23.3. The fraction of sp³-hybridized carbons (Fsp3) is 0.583. The van der Waals surface area contributed by atoms with E-state index in [2.05, 4.69) is 16.0 Å². The van der Waals surface area contributed by atoms with Crippen LogP contribution in [-0.2, 0) is 14.4 Å². The van der Waals surface area contributed by atoms with Crippen LogP contribution in [0.5, 0.6) is 0 Å². The van der Waals surface area contributed by atoms with Gasteiger partial charge < -0.3 is 25.6 Å². The lowest BCUT2D eigenvalue weighted by Crippen LogP contribution is -2.57. The number of hydrogen-bond donors (Lipinski definition) is 3. The molecule has 32 heavy (non-hydrogen) atoms. The summed E-state index contributed by atoms with van der Waals surface area (Å²) in [6.07, 6.45) is 2.88. The van der Waals surface area contributed by atoms with Crippen LogP contribution in [0.25, 0.3) is 0 Å². The summed E-state index contributed by atoms with van der Waals surface area (Å²) in [6, 6.07) is 8.00. The molecule has 2 aliphatic heterocycles. The molecule has 0 spiro atoms. The lowest BCUT2D eigenvalue weighted by molar-refractivity contribution is -0.127. The number of nitrogens with one attached hydrogen (secondary N) is 3. The molecular formula is C24H34N4O4. The predicted octanol–water partition coefficient (Wildman–Crippen LogP) is 2.16. The first-order valence-electron chi connectivity index (χ1n) is 11.3. The fourth-order valence-electron chi connectivity index (χ4n) is 4.31. The minimum Gasteiger partial charge on any atom is -0.356 e. The van der Waals surface area contributed by atoms with E-state index in [9.17, 15) is 19.2 Å². The highest BCUT2D eigenvalue weighted by Gasteiger charge is 2.36. The van der Waals surface area contributed by atoms with Crippen LogP contribution in [0.15, 0.2) is 30.3 Å². The number of hydrogen-bond acceptors (Lipinski definition) is 4. The van der Waals surface area contributed by atoms with Gasteiger partial charge in [0.2, 0.25) is 11.8 Å². The molecule has 3 rings (SSSR count). The fourth-order valence-corrected chi connectivity index (χ4v) is 4.31. The first kappa shape index (κ1) is 23.8. The highest BCUT2D eigenvalue weighted by Crippen LogP contribution is 2.33. The summed E-state index contributed by atoms with van der Waals surface area (Å²) in [5.74, 6) is -0.773. The highest BCUT2D eigenvalue weighted by atomic mass is 16.2. The first-order valence-corrected chi connectivity index (χ1v) is 11.3. The van der Waals surface area contributed by atoms with E-state index in [-0.39, 0.29) is 35.7 Å². The molecule has 2 aliphatic rings. The Hall–Kier alpha value is -2.90. The van der Waals surface area contributed by atoms with E-state index >= 15 is 0 Å². The SMILES string of the molecule is CC(C)(C)C[C@H](NC(=O)N1CC[C@@H]1c1ccccc1)C(=O)N[C@H](C=O)C[C@@H]1CCNC1=O. The molecule has 8 heteroatoms. The Morgan fingerprint density at radius 3 is 2.44 bits per heavy atom. The second-order valence-corrected chi connectivity index (χ2v) is 9.94. The van der Waals surface area contributed by atoms with Gasteiger partial charge in [0.05, 0.1) is 12.1 Å². The van der Waals surface area contributed by atoms with Gasteiger partial charge in [-0.15, -0.1) is 0 Å². The maximum absolute atomic E-state index is 13.1. The van der Waals surface area contributed by atoms with Gasteiger partial charge in [0.25, 0.3) is 0 Å². The molecule has 2 heterocycles. The second-order valence-electron chi connectivity index (χ2n) is 9.94. The number of rotatable bonds is 8. The number of amides is 4. The Labute approximate surface area is 189 Å². The molecule has 174 valence electrons. The monoisotopic (exact) mass is 442 g/mol. The average molecular weight is 443 g/mol. The number of aldehydes is 1. The molecule has 0 unspecified atom stereocenters. The van der Waals surface area contributed by atoms with Crippen molar-refractivity contribution in [2.24, 2.45) is 11.3 Å². The number of carbonyl (C=O) groups excluding carboxylic acids is 4. The molecule has 4 amide bonds. The number of carbonyl (C=O) groups is 4. The average Bonchev–Trinajstić information content (AvgIpc) is 3.10. The molecule has 2 fully saturated rings. The van der Waals surface area contributed by atoms with E-state index < -0.39 is 18.0 Å². The minimum absolute atomic E-state index is 0.00171. The largest absolute Gasteiger partial charge is 0.356 e. The normalized spacial score (nSPS) is 22.3. The third-order valence-corrected chi connectivity index (χ3v) is 6.09. The summed E-state index contributed by atoms with van der Waals surface area (Å²) in [4.78, 5) is 51.2. The molecule has 2 saturated heterocycles. The van der Waals surface area contributed by atoms with Gasteiger partial charge >= 0.3 is 6.03 Å². The second kappa shape index (κ2) is 10.1. The summed E-state index contributed by atoms with van der Waals surface area (Å²) < 4.78 is 0. The summed E-state index contributed by atoms with van der Waals surface area (Å²) >= 11 is 0. The van der Waals surface area contributed by atoms with E-state index in [1.165, 1.54) is 0 Å². The Balaban J connectivity index is 1.64. The van der Waals surface area contributed by atoms with Gasteiger partial charge in [-0.25, -0.2) is 4.79 Å². The van der Waals surface area contributed by atoms with Crippen molar-refractivity contribution < 1.29 is 19.2 Å². The summed E-state index contributed by atoms with van der Waals surface area (Å²) in [6.45, 7) is 7.20. The van der Waals surface area contributed by atoms with Crippen LogP contribution >= 0.6 is 0 Å². The molecule has 0 bridgehead atoms. The van der Waals surface area contributed by atoms with Crippen molar-refractivity contribution in [2.75, 3.05) is 13.1 Å².